The second-order valence-electron chi connectivity index (χ2n) is 30.8. The second-order valence-corrected chi connectivity index (χ2v) is 40.3. The number of rotatable bonds is 20. The third-order valence-electron chi connectivity index (χ3n) is 19.4. The molecule has 1 saturated heterocycles. The van der Waals surface area contributed by atoms with E-state index < -0.39 is 72.5 Å². The van der Waals surface area contributed by atoms with Crippen molar-refractivity contribution in [3.8, 4) is 56.9 Å². The van der Waals surface area contributed by atoms with Gasteiger partial charge in [0, 0.05) is 51.4 Å². The van der Waals surface area contributed by atoms with Crippen molar-refractivity contribution in [3.05, 3.63) is 142 Å². The molecule has 4 aromatic heterocycles. The van der Waals surface area contributed by atoms with Gasteiger partial charge < -0.3 is 65.2 Å². The Morgan fingerprint density at radius 3 is 1.10 bits per heavy atom. The molecule has 46 heteroatoms. The van der Waals surface area contributed by atoms with Gasteiger partial charge in [-0.1, -0.05) is 143 Å². The first-order chi connectivity index (χ1) is 60.5. The molecule has 5 aliphatic heterocycles. The van der Waals surface area contributed by atoms with Crippen LogP contribution in [0.2, 0.25) is 20.1 Å². The largest absolute Gasteiger partial charge is 1.00 e. The van der Waals surface area contributed by atoms with Crippen LogP contribution < -0.4 is 86.8 Å². The summed E-state index contributed by atoms with van der Waals surface area (Å²) in [5, 5.41) is 55.7. The molecule has 0 bridgehead atoms. The van der Waals surface area contributed by atoms with E-state index in [2.05, 4.69) is 81.2 Å². The number of aromatic carboxylic acids is 1. The SMILES string of the molecule is C.C.C.C.C.C.CCCP1(=O)OP(=O)(CCC)OP(=O)(CCC)O1.CCN(C(C)C)C(C)C.CCOC(=O)c1nn2c(c1-c1ccc(Cl)cc1C)OC[C@@H](F)C2.CCOC(=O)c1nn2c(c1Br)OC[C@@H](F)C2.CO.Cc1cc(Cl)ccc1-c1c(C(=O)NC2CC2)nn2c1OC[C@@H](F)C2.Cc1cc(Cl)ccc1-c1c(C(=O)O)nn2c1OC[C@@H](F)C2.Cc1cc(Cl)ccc1B(O)O.NC1CC1.[K+].[OH-]. The van der Waals surface area contributed by atoms with Crippen LogP contribution in [0, 0.1) is 27.7 Å². The van der Waals surface area contributed by atoms with Crippen molar-refractivity contribution in [2.45, 2.75) is 261 Å². The van der Waals surface area contributed by atoms with E-state index in [0.717, 1.165) is 59.9 Å². The van der Waals surface area contributed by atoms with Crippen LogP contribution in [-0.4, -0.2) is 221 Å². The summed E-state index contributed by atoms with van der Waals surface area (Å²) in [5.74, 6) is -1.05. The van der Waals surface area contributed by atoms with Crippen molar-refractivity contribution >= 4 is 122 Å². The number of aromatic nitrogens is 8. The van der Waals surface area contributed by atoms with E-state index in [1.165, 1.54) is 31.6 Å². The minimum Gasteiger partial charge on any atom is -0.870 e. The molecule has 9 heterocycles. The standard InChI is InChI=1S/C17H17ClFN3O2.C16H16ClFN2O3.C14H12ClFN2O3.C9H10BrFN2O3.C9H21O6P3.C8H19N.C7H8BClO2.C3H7N.CH4O.6CH4.K.H2O/c1-9-6-10(18)2-5-13(9)14-15(16(23)20-12-3-4-12)21-22-7-11(19)8-24-17(14)22;1-3-22-16(21)14-13(12-5-4-10(17)6-9(12)2)15-20(19-14)7-11(18)8-23-15;1-7-4-8(15)2-3-10(7)11-12(14(19)20)17-18-5-9(16)6-21-13(11)18;1-2-15-9(14)7-6(10)8-13(12-7)3-5(11)4-16-8;1-4-7-16(10)13-17(11,8-5-2)15-18(12,14-16)9-6-3;1-6-9(7(2)3)8(4)5;1-5-4-6(9)2-3-7(5)8(10)11;4-3-1-2-3;1-2;;;;;;;;/h2,5-6,11-12H,3-4,7-8H2,1H3,(H,20,23);4-6,11H,3,7-8H2,1-2H3;2-4,9H,5-6H2,1H3,(H,19,20);5H,2-4H2,1H3;4-9H2,1-3H3;7-8H,6H2,1-5H3;2-4,10-11H,1H3;3H,1-2,4H2;2H,1H3;6*1H4;;1H2/q;;;;;;;;;;;;;;;+1;/p-1/t2*11-;9-;5-;;;;;;;;;;;;;/m0000............./s1. The summed E-state index contributed by atoms with van der Waals surface area (Å²) in [7, 11) is -11.1. The number of amides is 1. The summed E-state index contributed by atoms with van der Waals surface area (Å²) in [4.78, 5) is 50.2. The zero-order valence-corrected chi connectivity index (χ0v) is 86.0. The van der Waals surface area contributed by atoms with Gasteiger partial charge in [0.15, 0.2) is 47.5 Å². The molecule has 15 rings (SSSR count). The van der Waals surface area contributed by atoms with Crippen LogP contribution >= 0.6 is 85.1 Å². The summed E-state index contributed by atoms with van der Waals surface area (Å²) in [6.45, 7) is 29.0. The topological polar surface area (TPSA) is 426 Å². The van der Waals surface area contributed by atoms with Gasteiger partial charge in [-0.15, -0.1) is 0 Å². The average molecular weight is 2150 g/mol. The molecule has 7 aliphatic rings. The Kier molecular flexibility index (Phi) is 60.2. The molecule has 762 valence electrons. The van der Waals surface area contributed by atoms with Crippen LogP contribution in [0.5, 0.6) is 23.5 Å². The Bertz CT molecular complexity index is 5170. The molecule has 3 fully saturated rings. The maximum absolute atomic E-state index is 13.7. The van der Waals surface area contributed by atoms with E-state index in [9.17, 15) is 55.5 Å². The Morgan fingerprint density at radius 2 is 0.809 bits per heavy atom. The van der Waals surface area contributed by atoms with E-state index in [0.29, 0.717) is 107 Å². The molecule has 2 aliphatic carbocycles. The Labute approximate surface area is 870 Å². The number of aryl methyl sites for hydroxylation is 4. The molecule has 1 amide bonds. The first-order valence-corrected chi connectivity index (χ1v) is 49.4. The van der Waals surface area contributed by atoms with Crippen molar-refractivity contribution in [1.29, 1.82) is 0 Å². The molecule has 4 atom stereocenters. The van der Waals surface area contributed by atoms with Crippen molar-refractivity contribution in [1.82, 2.24) is 49.3 Å². The number of hydrogen-bond acceptors (Lipinski definition) is 26. The number of aliphatic hydroxyl groups is 1. The number of carboxylic acid groups (broad SMARTS) is 1. The van der Waals surface area contributed by atoms with Gasteiger partial charge in [-0.25, -0.2) is 63.6 Å². The number of aliphatic hydroxyl groups excluding tert-OH is 1. The van der Waals surface area contributed by atoms with Crippen molar-refractivity contribution < 1.29 is 169 Å². The van der Waals surface area contributed by atoms with Crippen LogP contribution in [-0.2, 0) is 62.3 Å². The number of alkyl halides is 4. The van der Waals surface area contributed by atoms with Crippen LogP contribution in [0.1, 0.15) is 223 Å². The Balaban J connectivity index is 0. The number of esters is 2. The monoisotopic (exact) mass is 2150 g/mol. The molecule has 32 nitrogen and oxygen atoms in total. The van der Waals surface area contributed by atoms with Crippen LogP contribution in [0.25, 0.3) is 33.4 Å². The number of nitrogens with two attached hydrogens (primary N) is 1. The number of ether oxygens (including phenoxy) is 6. The molecule has 0 spiro atoms. The zero-order valence-electron chi connectivity index (χ0n) is 75.6. The maximum atomic E-state index is 13.7. The second kappa shape index (κ2) is 61.9. The van der Waals surface area contributed by atoms with Gasteiger partial charge in [0.05, 0.1) is 74.6 Å². The molecule has 136 heavy (non-hydrogen) atoms. The normalized spacial score (nSPS) is 18.9. The minimum atomic E-state index is -3.57. The van der Waals surface area contributed by atoms with Gasteiger partial charge in [-0.3, -0.25) is 23.4 Å². The van der Waals surface area contributed by atoms with Crippen molar-refractivity contribution in [2.24, 2.45) is 5.73 Å². The third kappa shape index (κ3) is 37.8. The fraction of sp³-hybridized carbons (Fsp3) is 0.556. The first kappa shape index (κ1) is 132. The van der Waals surface area contributed by atoms with Gasteiger partial charge in [-0.05, 0) is 230 Å². The van der Waals surface area contributed by atoms with E-state index in [-0.39, 0.29) is 226 Å². The summed E-state index contributed by atoms with van der Waals surface area (Å²) in [6.07, 6.45) is 1.85. The quantitative estimate of drug-likeness (QED) is 0.0179. The third-order valence-corrected chi connectivity index (χ3v) is 30.0. The maximum Gasteiger partial charge on any atom is 1.00 e. The number of carbonyl (C=O) groups is 4. The van der Waals surface area contributed by atoms with Gasteiger partial charge in [0.25, 0.3) is 5.91 Å². The number of nitrogens with zero attached hydrogens (tertiary/aromatic N) is 9. The van der Waals surface area contributed by atoms with Gasteiger partial charge in [0.1, 0.15) is 30.9 Å². The smallest absolute Gasteiger partial charge is 0.870 e. The number of hydrogen-bond donors (Lipinski definition) is 6. The number of carbonyl (C=O) groups excluding carboxylic acids is 3. The Morgan fingerprint density at radius 1 is 0.515 bits per heavy atom. The van der Waals surface area contributed by atoms with E-state index in [1.54, 1.807) is 102 Å². The summed E-state index contributed by atoms with van der Waals surface area (Å²) in [6, 6.07) is 22.9. The van der Waals surface area contributed by atoms with Crippen LogP contribution in [0.3, 0.4) is 0 Å². The fourth-order valence-corrected chi connectivity index (χ4v) is 24.2. The molecular weight excluding hydrogens is 2010 g/mol. The molecule has 2 saturated carbocycles. The number of benzene rings is 4. The van der Waals surface area contributed by atoms with Crippen molar-refractivity contribution in [2.75, 3.05) is 71.8 Å². The van der Waals surface area contributed by atoms with E-state index in [1.807, 2.05) is 32.9 Å². The molecule has 0 radical (unpaired) electrons. The molecule has 4 aromatic carbocycles. The molecular formula is C90H139BBrCl4F4KN11O21P3. The van der Waals surface area contributed by atoms with Crippen molar-refractivity contribution in [3.63, 3.8) is 0 Å². The fourth-order valence-electron chi connectivity index (χ4n) is 13.4. The van der Waals surface area contributed by atoms with Gasteiger partial charge in [0.2, 0.25) is 23.5 Å². The molecule has 8 aromatic rings. The first-order valence-electron chi connectivity index (χ1n) is 41.9. The number of fused-ring (bicyclic) bond motifs is 4. The average Bonchev–Trinajstić information content (AvgIpc) is 1.65. The Hall–Kier alpha value is -5.81. The predicted molar refractivity (Wildman–Crippen MR) is 531 cm³/mol. The molecule has 8 N–H and O–H groups in total. The number of carboxylic acids is 1. The molecule has 0 unspecified atom stereocenters. The van der Waals surface area contributed by atoms with E-state index >= 15 is 0 Å². The predicted octanol–water partition coefficient (Wildman–Crippen LogP) is 18.7. The van der Waals surface area contributed by atoms with Crippen LogP contribution in [0.15, 0.2) is 77.3 Å². The summed E-state index contributed by atoms with van der Waals surface area (Å²) in [5.41, 5.74) is 13.2. The van der Waals surface area contributed by atoms with Gasteiger partial charge >= 0.3 is 99.2 Å². The minimum absolute atomic E-state index is 0. The van der Waals surface area contributed by atoms with Crippen LogP contribution in [0.4, 0.5) is 17.6 Å². The summed E-state index contributed by atoms with van der Waals surface area (Å²) < 4.78 is 143. The number of halogens is 9. The van der Waals surface area contributed by atoms with Gasteiger partial charge in [-0.2, -0.15) is 20.4 Å². The zero-order chi connectivity index (χ0) is 95.0. The summed E-state index contributed by atoms with van der Waals surface area (Å²) >= 11 is 26.8. The number of nitrogens with one attached hydrogen (secondary N) is 1. The van der Waals surface area contributed by atoms with E-state index in [4.69, 9.17) is 109 Å².